The van der Waals surface area contributed by atoms with Crippen molar-refractivity contribution in [2.45, 2.75) is 12.3 Å². The van der Waals surface area contributed by atoms with Gasteiger partial charge in [0.05, 0.1) is 11.6 Å². The van der Waals surface area contributed by atoms with Gasteiger partial charge in [-0.05, 0) is 52.8 Å². The number of alkyl halides is 1. The highest BCUT2D eigenvalue weighted by molar-refractivity contribution is 14.1. The Morgan fingerprint density at radius 1 is 1.58 bits per heavy atom. The Labute approximate surface area is 94.0 Å². The van der Waals surface area contributed by atoms with E-state index >= 15 is 0 Å². The lowest BCUT2D eigenvalue weighted by molar-refractivity contribution is 1.28. The molecule has 12 heavy (non-hydrogen) atoms. The number of halogens is 2. The van der Waals surface area contributed by atoms with Gasteiger partial charge >= 0.3 is 0 Å². The topological polar surface area (TPSA) is 23.8 Å². The summed E-state index contributed by atoms with van der Waals surface area (Å²) in [6.07, 6.45) is 0. The van der Waals surface area contributed by atoms with Crippen LogP contribution in [0, 0.1) is 21.8 Å². The summed E-state index contributed by atoms with van der Waals surface area (Å²) in [6.45, 7) is 2.07. The van der Waals surface area contributed by atoms with Crippen molar-refractivity contribution in [3.05, 3.63) is 32.4 Å². The number of nitrogens with zero attached hydrogens (tertiary/aromatic N) is 1. The third-order valence-electron chi connectivity index (χ3n) is 1.72. The van der Waals surface area contributed by atoms with Crippen molar-refractivity contribution in [2.24, 2.45) is 0 Å². The van der Waals surface area contributed by atoms with Crippen molar-refractivity contribution in [1.29, 1.82) is 5.26 Å². The minimum atomic E-state index is 0.736. The van der Waals surface area contributed by atoms with Crippen LogP contribution in [0.25, 0.3) is 0 Å². The van der Waals surface area contributed by atoms with Crippen LogP contribution < -0.4 is 0 Å². The fourth-order valence-electron chi connectivity index (χ4n) is 0.939. The van der Waals surface area contributed by atoms with Gasteiger partial charge in [0.1, 0.15) is 0 Å². The minimum Gasteiger partial charge on any atom is -0.192 e. The second-order valence-electron chi connectivity index (χ2n) is 2.49. The van der Waals surface area contributed by atoms with E-state index in [4.69, 9.17) is 5.26 Å². The van der Waals surface area contributed by atoms with Gasteiger partial charge < -0.3 is 0 Å². The first-order chi connectivity index (χ1) is 5.69. The summed E-state index contributed by atoms with van der Waals surface area (Å²) >= 11 is 5.64. The zero-order chi connectivity index (χ0) is 9.14. The first-order valence-corrected chi connectivity index (χ1v) is 5.64. The van der Waals surface area contributed by atoms with Gasteiger partial charge in [0.25, 0.3) is 0 Å². The standard InChI is InChI=1S/C9H7BrIN/c1-6-8(4-10)2-7(5-12)3-9(6)11/h2-3H,4H2,1H3. The fraction of sp³-hybridized carbons (Fsp3) is 0.222. The third-order valence-corrected chi connectivity index (χ3v) is 3.45. The molecule has 0 saturated carbocycles. The normalized spacial score (nSPS) is 9.50. The third kappa shape index (κ3) is 1.99. The average molecular weight is 336 g/mol. The van der Waals surface area contributed by atoms with E-state index in [1.54, 1.807) is 0 Å². The van der Waals surface area contributed by atoms with Gasteiger partial charge in [-0.2, -0.15) is 5.26 Å². The van der Waals surface area contributed by atoms with Crippen LogP contribution in [0.15, 0.2) is 12.1 Å². The Balaban J connectivity index is 3.31. The molecular weight excluding hydrogens is 329 g/mol. The first kappa shape index (κ1) is 10.0. The Morgan fingerprint density at radius 3 is 2.75 bits per heavy atom. The van der Waals surface area contributed by atoms with Crippen molar-refractivity contribution < 1.29 is 0 Å². The molecule has 0 amide bonds. The van der Waals surface area contributed by atoms with E-state index in [1.807, 2.05) is 12.1 Å². The molecule has 0 spiro atoms. The summed E-state index contributed by atoms with van der Waals surface area (Å²) in [4.78, 5) is 0. The van der Waals surface area contributed by atoms with Crippen LogP contribution >= 0.6 is 38.5 Å². The van der Waals surface area contributed by atoms with Crippen LogP contribution in [-0.4, -0.2) is 0 Å². The summed E-state index contributed by atoms with van der Waals surface area (Å²) < 4.78 is 1.15. The molecule has 3 heteroatoms. The van der Waals surface area contributed by atoms with Crippen molar-refractivity contribution in [3.8, 4) is 6.07 Å². The predicted octanol–water partition coefficient (Wildman–Crippen LogP) is 3.37. The molecule has 1 aromatic carbocycles. The van der Waals surface area contributed by atoms with Crippen molar-refractivity contribution in [3.63, 3.8) is 0 Å². The molecule has 0 unspecified atom stereocenters. The summed E-state index contributed by atoms with van der Waals surface area (Å²) in [6, 6.07) is 5.97. The Hall–Kier alpha value is -0.0800. The lowest BCUT2D eigenvalue weighted by Gasteiger charge is -2.04. The maximum Gasteiger partial charge on any atom is 0.0992 e. The molecule has 1 aromatic rings. The zero-order valence-electron chi connectivity index (χ0n) is 6.56. The van der Waals surface area contributed by atoms with E-state index < -0.39 is 0 Å². The van der Waals surface area contributed by atoms with Gasteiger partial charge in [0, 0.05) is 8.90 Å². The van der Waals surface area contributed by atoms with Crippen LogP contribution in [0.1, 0.15) is 16.7 Å². The summed E-state index contributed by atoms with van der Waals surface area (Å²) in [7, 11) is 0. The molecule has 0 aromatic heterocycles. The molecule has 0 aliphatic rings. The van der Waals surface area contributed by atoms with Crippen LogP contribution in [0.2, 0.25) is 0 Å². The average Bonchev–Trinajstić information content (AvgIpc) is 2.09. The van der Waals surface area contributed by atoms with E-state index in [2.05, 4.69) is 51.5 Å². The molecule has 62 valence electrons. The van der Waals surface area contributed by atoms with Crippen LogP contribution in [0.3, 0.4) is 0 Å². The van der Waals surface area contributed by atoms with Gasteiger partial charge in [-0.25, -0.2) is 0 Å². The largest absolute Gasteiger partial charge is 0.192 e. The quantitative estimate of drug-likeness (QED) is 0.570. The fourth-order valence-corrected chi connectivity index (χ4v) is 2.20. The smallest absolute Gasteiger partial charge is 0.0992 e. The van der Waals surface area contributed by atoms with Crippen LogP contribution in [0.5, 0.6) is 0 Å². The van der Waals surface area contributed by atoms with Gasteiger partial charge in [-0.3, -0.25) is 0 Å². The number of nitriles is 1. The summed E-state index contributed by atoms with van der Waals surface area (Å²) in [5.41, 5.74) is 3.18. The Bertz CT molecular complexity index is 341. The van der Waals surface area contributed by atoms with E-state index in [9.17, 15) is 0 Å². The molecule has 1 rings (SSSR count). The number of rotatable bonds is 1. The van der Waals surface area contributed by atoms with Gasteiger partial charge in [0.15, 0.2) is 0 Å². The highest BCUT2D eigenvalue weighted by atomic mass is 127. The van der Waals surface area contributed by atoms with Crippen molar-refractivity contribution in [2.75, 3.05) is 0 Å². The lowest BCUT2D eigenvalue weighted by atomic mass is 10.1. The van der Waals surface area contributed by atoms with Crippen molar-refractivity contribution >= 4 is 38.5 Å². The maximum absolute atomic E-state index is 8.70. The molecule has 0 saturated heterocycles. The minimum absolute atomic E-state index is 0.736. The van der Waals surface area contributed by atoms with Crippen molar-refractivity contribution in [1.82, 2.24) is 0 Å². The van der Waals surface area contributed by atoms with Gasteiger partial charge in [0.2, 0.25) is 0 Å². The predicted molar refractivity (Wildman–Crippen MR) is 61.2 cm³/mol. The molecule has 0 aliphatic carbocycles. The molecule has 0 radical (unpaired) electrons. The maximum atomic E-state index is 8.70. The number of hydrogen-bond acceptors (Lipinski definition) is 1. The Kier molecular flexibility index (Phi) is 3.53. The molecule has 0 heterocycles. The van der Waals surface area contributed by atoms with Gasteiger partial charge in [-0.1, -0.05) is 15.9 Å². The van der Waals surface area contributed by atoms with Gasteiger partial charge in [-0.15, -0.1) is 0 Å². The highest BCUT2D eigenvalue weighted by Gasteiger charge is 2.03. The first-order valence-electron chi connectivity index (χ1n) is 3.44. The molecule has 0 bridgehead atoms. The van der Waals surface area contributed by atoms with E-state index in [0.717, 1.165) is 14.5 Å². The number of benzene rings is 1. The summed E-state index contributed by atoms with van der Waals surface area (Å²) in [5, 5.41) is 9.51. The van der Waals surface area contributed by atoms with Crippen LogP contribution in [-0.2, 0) is 5.33 Å². The van der Waals surface area contributed by atoms with E-state index in [-0.39, 0.29) is 0 Å². The SMILES string of the molecule is Cc1c(I)cc(C#N)cc1CBr. The molecule has 0 fully saturated rings. The number of hydrogen-bond donors (Lipinski definition) is 0. The van der Waals surface area contributed by atoms with E-state index in [0.29, 0.717) is 0 Å². The Morgan fingerprint density at radius 2 is 2.25 bits per heavy atom. The summed E-state index contributed by atoms with van der Waals surface area (Å²) in [5.74, 6) is 0. The molecular formula is C9H7BrIN. The molecule has 0 aliphatic heterocycles. The molecule has 0 atom stereocenters. The monoisotopic (exact) mass is 335 g/mol. The zero-order valence-corrected chi connectivity index (χ0v) is 10.3. The molecule has 0 N–H and O–H groups in total. The second kappa shape index (κ2) is 4.24. The molecule has 1 nitrogen and oxygen atoms in total. The highest BCUT2D eigenvalue weighted by Crippen LogP contribution is 2.20. The van der Waals surface area contributed by atoms with Crippen LogP contribution in [0.4, 0.5) is 0 Å². The lowest BCUT2D eigenvalue weighted by Crippen LogP contribution is -1.90. The second-order valence-corrected chi connectivity index (χ2v) is 4.21. The van der Waals surface area contributed by atoms with E-state index in [1.165, 1.54) is 11.1 Å².